The van der Waals surface area contributed by atoms with Gasteiger partial charge >= 0.3 is 0 Å². The van der Waals surface area contributed by atoms with Crippen molar-refractivity contribution in [1.29, 1.82) is 0 Å². The van der Waals surface area contributed by atoms with Crippen LogP contribution in [-0.4, -0.2) is 51.1 Å². The Morgan fingerprint density at radius 1 is 1.00 bits per heavy atom. The maximum atomic E-state index is 4.43. The second-order valence-corrected chi connectivity index (χ2v) is 6.80. The summed E-state index contributed by atoms with van der Waals surface area (Å²) in [6, 6.07) is 12.4. The van der Waals surface area contributed by atoms with Gasteiger partial charge in [0.1, 0.15) is 0 Å². The third-order valence-corrected chi connectivity index (χ3v) is 4.68. The average molecular weight is 348 g/mol. The highest BCUT2D eigenvalue weighted by Gasteiger charge is 2.10. The molecule has 6 nitrogen and oxygen atoms in total. The van der Waals surface area contributed by atoms with Crippen molar-refractivity contribution in [3.8, 4) is 16.9 Å². The molecule has 0 saturated carbocycles. The summed E-state index contributed by atoms with van der Waals surface area (Å²) < 4.78 is 1.88. The molecule has 3 aromatic rings. The Bertz CT molecular complexity index is 829. The van der Waals surface area contributed by atoms with E-state index in [1.54, 1.807) is 0 Å². The van der Waals surface area contributed by atoms with Gasteiger partial charge in [0.25, 0.3) is 0 Å². The monoisotopic (exact) mass is 348 g/mol. The zero-order chi connectivity index (χ0) is 17.8. The van der Waals surface area contributed by atoms with Crippen molar-refractivity contribution >= 4 is 0 Å². The third kappa shape index (κ3) is 3.98. The topological polar surface area (TPSA) is 58.9 Å². The SMILES string of the molecule is Cc1cnn(-c2ccc(-c3ccc(CN4CCCNCC4)nn3)cc2)c1. The fraction of sp³-hybridized carbons (Fsp3) is 0.350. The highest BCUT2D eigenvalue weighted by atomic mass is 15.3. The summed E-state index contributed by atoms with van der Waals surface area (Å²) in [4.78, 5) is 2.44. The molecule has 4 rings (SSSR count). The smallest absolute Gasteiger partial charge is 0.0929 e. The second-order valence-electron chi connectivity index (χ2n) is 6.80. The van der Waals surface area contributed by atoms with Crippen molar-refractivity contribution in [2.75, 3.05) is 26.2 Å². The van der Waals surface area contributed by atoms with Gasteiger partial charge in [-0.2, -0.15) is 15.3 Å². The van der Waals surface area contributed by atoms with E-state index >= 15 is 0 Å². The molecule has 1 saturated heterocycles. The Hall–Kier alpha value is -2.57. The first-order chi connectivity index (χ1) is 12.8. The van der Waals surface area contributed by atoms with E-state index in [1.807, 2.05) is 24.0 Å². The Morgan fingerprint density at radius 3 is 2.62 bits per heavy atom. The molecule has 1 fully saturated rings. The van der Waals surface area contributed by atoms with Crippen LogP contribution in [0.2, 0.25) is 0 Å². The number of aryl methyl sites for hydroxylation is 1. The highest BCUT2D eigenvalue weighted by Crippen LogP contribution is 2.19. The third-order valence-electron chi connectivity index (χ3n) is 4.68. The molecule has 1 aliphatic heterocycles. The molecule has 0 spiro atoms. The molecule has 2 aromatic heterocycles. The summed E-state index contributed by atoms with van der Waals surface area (Å²) in [6.45, 7) is 7.25. The van der Waals surface area contributed by atoms with E-state index < -0.39 is 0 Å². The summed E-state index contributed by atoms with van der Waals surface area (Å²) >= 11 is 0. The Kier molecular flexibility index (Phi) is 5.04. The molecule has 6 heteroatoms. The standard InChI is InChI=1S/C20H24N6/c1-16-13-22-26(14-16)19-6-3-17(4-7-19)20-8-5-18(23-24-20)15-25-11-2-9-21-10-12-25/h3-8,13-14,21H,2,9-12,15H2,1H3. The maximum absolute atomic E-state index is 4.43. The van der Waals surface area contributed by atoms with E-state index in [9.17, 15) is 0 Å². The van der Waals surface area contributed by atoms with Gasteiger partial charge in [-0.1, -0.05) is 12.1 Å². The maximum Gasteiger partial charge on any atom is 0.0929 e. The van der Waals surface area contributed by atoms with Gasteiger partial charge in [-0.05, 0) is 56.3 Å². The van der Waals surface area contributed by atoms with Gasteiger partial charge in [-0.25, -0.2) is 4.68 Å². The van der Waals surface area contributed by atoms with E-state index in [0.29, 0.717) is 0 Å². The van der Waals surface area contributed by atoms with E-state index in [0.717, 1.165) is 60.9 Å². The van der Waals surface area contributed by atoms with Gasteiger partial charge in [0.2, 0.25) is 0 Å². The average Bonchev–Trinajstić information content (AvgIpc) is 2.95. The lowest BCUT2D eigenvalue weighted by Crippen LogP contribution is -2.28. The predicted molar refractivity (Wildman–Crippen MR) is 102 cm³/mol. The fourth-order valence-corrected chi connectivity index (χ4v) is 3.23. The number of nitrogens with zero attached hydrogens (tertiary/aromatic N) is 5. The predicted octanol–water partition coefficient (Wildman–Crippen LogP) is 2.43. The molecule has 1 aromatic carbocycles. The van der Waals surface area contributed by atoms with Crippen LogP contribution in [0.4, 0.5) is 0 Å². The molecular weight excluding hydrogens is 324 g/mol. The van der Waals surface area contributed by atoms with Crippen LogP contribution in [0.1, 0.15) is 17.7 Å². The van der Waals surface area contributed by atoms with Crippen LogP contribution < -0.4 is 5.32 Å². The summed E-state index contributed by atoms with van der Waals surface area (Å²) in [5.41, 5.74) is 5.18. The molecule has 0 aliphatic carbocycles. The quantitative estimate of drug-likeness (QED) is 0.785. The number of hydrogen-bond acceptors (Lipinski definition) is 5. The highest BCUT2D eigenvalue weighted by molar-refractivity contribution is 5.60. The number of aromatic nitrogens is 4. The van der Waals surface area contributed by atoms with Crippen molar-refractivity contribution in [3.63, 3.8) is 0 Å². The first-order valence-electron chi connectivity index (χ1n) is 9.16. The minimum Gasteiger partial charge on any atom is -0.315 e. The molecule has 0 bridgehead atoms. The van der Waals surface area contributed by atoms with Crippen molar-refractivity contribution in [2.24, 2.45) is 0 Å². The molecule has 134 valence electrons. The minimum absolute atomic E-state index is 0.868. The zero-order valence-corrected chi connectivity index (χ0v) is 15.1. The van der Waals surface area contributed by atoms with Crippen molar-refractivity contribution in [3.05, 3.63) is 60.0 Å². The lowest BCUT2D eigenvalue weighted by Gasteiger charge is -2.18. The van der Waals surface area contributed by atoms with Gasteiger partial charge in [0.05, 0.1) is 23.3 Å². The number of rotatable bonds is 4. The molecule has 26 heavy (non-hydrogen) atoms. The molecule has 0 radical (unpaired) electrons. The molecule has 1 aliphatic rings. The van der Waals surface area contributed by atoms with Crippen LogP contribution in [0, 0.1) is 6.92 Å². The summed E-state index contributed by atoms with van der Waals surface area (Å²) in [7, 11) is 0. The van der Waals surface area contributed by atoms with Gasteiger partial charge in [0.15, 0.2) is 0 Å². The van der Waals surface area contributed by atoms with E-state index in [-0.39, 0.29) is 0 Å². The van der Waals surface area contributed by atoms with Crippen molar-refractivity contribution in [2.45, 2.75) is 19.9 Å². The van der Waals surface area contributed by atoms with Crippen molar-refractivity contribution < 1.29 is 0 Å². The number of nitrogens with one attached hydrogen (secondary N) is 1. The zero-order valence-electron chi connectivity index (χ0n) is 15.1. The first-order valence-corrected chi connectivity index (χ1v) is 9.16. The Labute approximate surface area is 153 Å². The summed E-state index contributed by atoms with van der Waals surface area (Å²) in [6.07, 6.45) is 5.06. The molecule has 0 amide bonds. The van der Waals surface area contributed by atoms with Crippen molar-refractivity contribution in [1.82, 2.24) is 30.2 Å². The fourth-order valence-electron chi connectivity index (χ4n) is 3.23. The van der Waals surface area contributed by atoms with E-state index in [2.05, 4.69) is 61.9 Å². The molecule has 3 heterocycles. The summed E-state index contributed by atoms with van der Waals surface area (Å²) in [5.74, 6) is 0. The molecule has 1 N–H and O–H groups in total. The van der Waals surface area contributed by atoms with Gasteiger partial charge in [0, 0.05) is 31.4 Å². The molecule has 0 atom stereocenters. The van der Waals surface area contributed by atoms with E-state index in [4.69, 9.17) is 0 Å². The van der Waals surface area contributed by atoms with Crippen LogP contribution in [0.5, 0.6) is 0 Å². The second kappa shape index (κ2) is 7.76. The molecular formula is C20H24N6. The lowest BCUT2D eigenvalue weighted by atomic mass is 10.1. The van der Waals surface area contributed by atoms with E-state index in [1.165, 1.54) is 6.42 Å². The van der Waals surface area contributed by atoms with Gasteiger partial charge < -0.3 is 5.32 Å². The van der Waals surface area contributed by atoms with Gasteiger partial charge in [-0.15, -0.1) is 0 Å². The first kappa shape index (κ1) is 16.9. The summed E-state index contributed by atoms with van der Waals surface area (Å²) in [5, 5.41) is 16.6. The lowest BCUT2D eigenvalue weighted by molar-refractivity contribution is 0.280. The minimum atomic E-state index is 0.868. The Morgan fingerprint density at radius 2 is 1.88 bits per heavy atom. The van der Waals surface area contributed by atoms with Crippen LogP contribution in [0.15, 0.2) is 48.8 Å². The largest absolute Gasteiger partial charge is 0.315 e. The molecule has 0 unspecified atom stereocenters. The van der Waals surface area contributed by atoms with Gasteiger partial charge in [-0.3, -0.25) is 4.90 Å². The van der Waals surface area contributed by atoms with Crippen LogP contribution in [-0.2, 0) is 6.54 Å². The number of hydrogen-bond donors (Lipinski definition) is 1. The van der Waals surface area contributed by atoms with Crippen LogP contribution in [0.25, 0.3) is 16.9 Å². The van der Waals surface area contributed by atoms with Crippen LogP contribution in [0.3, 0.4) is 0 Å². The van der Waals surface area contributed by atoms with Crippen LogP contribution >= 0.6 is 0 Å². The normalized spacial score (nSPS) is 15.7. The Balaban J connectivity index is 1.44. The number of benzene rings is 1.